The van der Waals surface area contributed by atoms with Crippen molar-refractivity contribution in [2.45, 2.75) is 51.7 Å². The zero-order valence-corrected chi connectivity index (χ0v) is 11.6. The molecule has 0 aromatic heterocycles. The van der Waals surface area contributed by atoms with Crippen LogP contribution >= 0.6 is 0 Å². The molecule has 1 aliphatic carbocycles. The van der Waals surface area contributed by atoms with Crippen LogP contribution in [0.1, 0.15) is 39.5 Å². The lowest BCUT2D eigenvalue weighted by atomic mass is 9.78. The summed E-state index contributed by atoms with van der Waals surface area (Å²) < 4.78 is 5.59. The van der Waals surface area contributed by atoms with Crippen molar-refractivity contribution in [2.75, 3.05) is 19.7 Å². The van der Waals surface area contributed by atoms with Crippen molar-refractivity contribution >= 4 is 5.91 Å². The predicted octanol–water partition coefficient (Wildman–Crippen LogP) is 1.39. The molecule has 0 aromatic rings. The van der Waals surface area contributed by atoms with E-state index in [9.17, 15) is 4.79 Å². The fraction of sp³-hybridized carbons (Fsp3) is 0.929. The fourth-order valence-electron chi connectivity index (χ4n) is 3.12. The Labute approximate surface area is 110 Å². The Kier molecular flexibility index (Phi) is 4.62. The molecule has 4 nitrogen and oxygen atoms in total. The van der Waals surface area contributed by atoms with Gasteiger partial charge in [0.1, 0.15) is 0 Å². The summed E-state index contributed by atoms with van der Waals surface area (Å²) in [5, 5.41) is 0. The van der Waals surface area contributed by atoms with Crippen LogP contribution in [0.25, 0.3) is 0 Å². The third-order valence-electron chi connectivity index (χ3n) is 4.25. The molecule has 104 valence electrons. The highest BCUT2D eigenvalue weighted by Gasteiger charge is 2.34. The van der Waals surface area contributed by atoms with Crippen molar-refractivity contribution in [3.63, 3.8) is 0 Å². The molecule has 0 spiro atoms. The van der Waals surface area contributed by atoms with Crippen molar-refractivity contribution in [3.8, 4) is 0 Å². The van der Waals surface area contributed by atoms with Crippen LogP contribution in [0.5, 0.6) is 0 Å². The van der Waals surface area contributed by atoms with Gasteiger partial charge in [-0.25, -0.2) is 0 Å². The molecule has 1 saturated carbocycles. The van der Waals surface area contributed by atoms with Gasteiger partial charge in [-0.15, -0.1) is 0 Å². The highest BCUT2D eigenvalue weighted by molar-refractivity contribution is 5.79. The number of amides is 1. The predicted molar refractivity (Wildman–Crippen MR) is 71.1 cm³/mol. The van der Waals surface area contributed by atoms with E-state index < -0.39 is 0 Å². The second kappa shape index (κ2) is 6.02. The molecule has 2 fully saturated rings. The van der Waals surface area contributed by atoms with Gasteiger partial charge < -0.3 is 15.4 Å². The summed E-state index contributed by atoms with van der Waals surface area (Å²) in [5.41, 5.74) is 6.14. The van der Waals surface area contributed by atoms with Gasteiger partial charge in [-0.05, 0) is 38.5 Å². The number of nitrogens with zero attached hydrogens (tertiary/aromatic N) is 1. The lowest BCUT2D eigenvalue weighted by molar-refractivity contribution is -0.138. The van der Waals surface area contributed by atoms with E-state index in [2.05, 4.69) is 6.92 Å². The van der Waals surface area contributed by atoms with Crippen molar-refractivity contribution < 1.29 is 9.53 Å². The maximum atomic E-state index is 12.6. The SMILES string of the molecule is CC1CCC(N)C(C(=O)N2CCCOC(C)C2)C1. The third kappa shape index (κ3) is 3.23. The van der Waals surface area contributed by atoms with Gasteiger partial charge in [0.05, 0.1) is 12.0 Å². The summed E-state index contributed by atoms with van der Waals surface area (Å²) in [6.45, 7) is 6.56. The highest BCUT2D eigenvalue weighted by Crippen LogP contribution is 2.29. The Hall–Kier alpha value is -0.610. The van der Waals surface area contributed by atoms with Crippen molar-refractivity contribution in [1.82, 2.24) is 4.90 Å². The number of carbonyl (C=O) groups excluding carboxylic acids is 1. The number of ether oxygens (including phenoxy) is 1. The minimum absolute atomic E-state index is 0.0269. The molecule has 1 heterocycles. The third-order valence-corrected chi connectivity index (χ3v) is 4.25. The average Bonchev–Trinajstić information content (AvgIpc) is 2.56. The number of carbonyl (C=O) groups is 1. The second-order valence-electron chi connectivity index (χ2n) is 6.01. The number of rotatable bonds is 1. The summed E-state index contributed by atoms with van der Waals surface area (Å²) >= 11 is 0. The second-order valence-corrected chi connectivity index (χ2v) is 6.01. The van der Waals surface area contributed by atoms with Gasteiger partial charge in [0.2, 0.25) is 5.91 Å². The Balaban J connectivity index is 2.00. The highest BCUT2D eigenvalue weighted by atomic mass is 16.5. The molecular weight excluding hydrogens is 228 g/mol. The topological polar surface area (TPSA) is 55.6 Å². The van der Waals surface area contributed by atoms with Crippen molar-refractivity contribution in [1.29, 1.82) is 0 Å². The monoisotopic (exact) mass is 254 g/mol. The largest absolute Gasteiger partial charge is 0.377 e. The first-order chi connectivity index (χ1) is 8.58. The summed E-state index contributed by atoms with van der Waals surface area (Å²) in [4.78, 5) is 14.6. The van der Waals surface area contributed by atoms with E-state index in [0.29, 0.717) is 5.92 Å². The maximum Gasteiger partial charge on any atom is 0.227 e. The number of hydrogen-bond acceptors (Lipinski definition) is 3. The van der Waals surface area contributed by atoms with Crippen LogP contribution in [0, 0.1) is 11.8 Å². The molecule has 18 heavy (non-hydrogen) atoms. The average molecular weight is 254 g/mol. The van der Waals surface area contributed by atoms with Crippen molar-refractivity contribution in [2.24, 2.45) is 17.6 Å². The Morgan fingerprint density at radius 2 is 2.11 bits per heavy atom. The van der Waals surface area contributed by atoms with Crippen LogP contribution in [0.15, 0.2) is 0 Å². The maximum absolute atomic E-state index is 12.6. The van der Waals surface area contributed by atoms with E-state index in [4.69, 9.17) is 10.5 Å². The molecule has 4 unspecified atom stereocenters. The van der Waals surface area contributed by atoms with E-state index in [0.717, 1.165) is 45.4 Å². The van der Waals surface area contributed by atoms with Gasteiger partial charge in [-0.2, -0.15) is 0 Å². The van der Waals surface area contributed by atoms with Gasteiger partial charge in [0.15, 0.2) is 0 Å². The molecular formula is C14H26N2O2. The smallest absolute Gasteiger partial charge is 0.227 e. The molecule has 2 aliphatic rings. The summed E-state index contributed by atoms with van der Waals surface area (Å²) in [7, 11) is 0. The Bertz CT molecular complexity index is 296. The van der Waals surface area contributed by atoms with E-state index in [1.54, 1.807) is 0 Å². The van der Waals surface area contributed by atoms with Gasteiger partial charge in [0.25, 0.3) is 0 Å². The molecule has 0 aromatic carbocycles. The Morgan fingerprint density at radius 1 is 1.33 bits per heavy atom. The Morgan fingerprint density at radius 3 is 2.89 bits per heavy atom. The molecule has 4 atom stereocenters. The van der Waals surface area contributed by atoms with Gasteiger partial charge in [-0.3, -0.25) is 4.79 Å². The number of nitrogens with two attached hydrogens (primary N) is 1. The molecule has 2 N–H and O–H groups in total. The van der Waals surface area contributed by atoms with Gasteiger partial charge in [0, 0.05) is 25.7 Å². The van der Waals surface area contributed by atoms with Crippen LogP contribution < -0.4 is 5.73 Å². The molecule has 1 amide bonds. The summed E-state index contributed by atoms with van der Waals surface area (Å²) in [6.07, 6.45) is 4.18. The summed E-state index contributed by atoms with van der Waals surface area (Å²) in [5.74, 6) is 0.907. The van der Waals surface area contributed by atoms with E-state index in [1.807, 2.05) is 11.8 Å². The molecule has 1 aliphatic heterocycles. The minimum Gasteiger partial charge on any atom is -0.377 e. The number of hydrogen-bond donors (Lipinski definition) is 1. The first-order valence-electron chi connectivity index (χ1n) is 7.24. The lowest BCUT2D eigenvalue weighted by Crippen LogP contribution is -2.48. The van der Waals surface area contributed by atoms with Crippen LogP contribution in [-0.4, -0.2) is 42.6 Å². The molecule has 0 bridgehead atoms. The zero-order chi connectivity index (χ0) is 13.1. The van der Waals surface area contributed by atoms with Crippen molar-refractivity contribution in [3.05, 3.63) is 0 Å². The molecule has 2 rings (SSSR count). The molecule has 0 radical (unpaired) electrons. The normalized spacial score (nSPS) is 38.3. The molecule has 4 heteroatoms. The van der Waals surface area contributed by atoms with E-state index in [1.165, 1.54) is 0 Å². The first kappa shape index (κ1) is 13.8. The van der Waals surface area contributed by atoms with Crippen LogP contribution in [0.4, 0.5) is 0 Å². The van der Waals surface area contributed by atoms with Gasteiger partial charge >= 0.3 is 0 Å². The minimum atomic E-state index is 0.0269. The summed E-state index contributed by atoms with van der Waals surface area (Å²) in [6, 6.07) is 0.0492. The standard InChI is InChI=1S/C14H26N2O2/c1-10-4-5-13(15)12(8-10)14(17)16-6-3-7-18-11(2)9-16/h10-13H,3-9,15H2,1-2H3. The van der Waals surface area contributed by atoms with Crippen LogP contribution in [-0.2, 0) is 9.53 Å². The lowest BCUT2D eigenvalue weighted by Gasteiger charge is -2.35. The first-order valence-corrected chi connectivity index (χ1v) is 7.24. The van der Waals surface area contributed by atoms with E-state index in [-0.39, 0.29) is 24.0 Å². The quantitative estimate of drug-likeness (QED) is 0.769. The van der Waals surface area contributed by atoms with E-state index >= 15 is 0 Å². The molecule has 1 saturated heterocycles. The fourth-order valence-corrected chi connectivity index (χ4v) is 3.12. The zero-order valence-electron chi connectivity index (χ0n) is 11.6. The van der Waals surface area contributed by atoms with Crippen LogP contribution in [0.2, 0.25) is 0 Å². The van der Waals surface area contributed by atoms with Crippen LogP contribution in [0.3, 0.4) is 0 Å². The van der Waals surface area contributed by atoms with Gasteiger partial charge in [-0.1, -0.05) is 6.92 Å².